The molecule has 1 spiro atoms. The summed E-state index contributed by atoms with van der Waals surface area (Å²) >= 11 is 0. The largest absolute Gasteiger partial charge is 0.472 e. The third-order valence-corrected chi connectivity index (χ3v) is 10.0. The van der Waals surface area contributed by atoms with Crippen LogP contribution in [0.2, 0.25) is 0 Å². The number of rotatable bonds is 1. The van der Waals surface area contributed by atoms with Gasteiger partial charge in [-0.1, -0.05) is 19.9 Å². The van der Waals surface area contributed by atoms with Crippen LogP contribution in [0.15, 0.2) is 35.2 Å². The molecule has 2 saturated carbocycles. The number of carbonyl (C=O) groups excluding carboxylic acids is 3. The summed E-state index contributed by atoms with van der Waals surface area (Å²) in [4.78, 5) is 39.6. The summed E-state index contributed by atoms with van der Waals surface area (Å²) in [6, 6.07) is 1.81. The smallest absolute Gasteiger partial charge is 0.339 e. The number of furan rings is 1. The van der Waals surface area contributed by atoms with Crippen LogP contribution in [0, 0.1) is 28.1 Å². The van der Waals surface area contributed by atoms with Gasteiger partial charge < -0.3 is 18.6 Å². The van der Waals surface area contributed by atoms with Gasteiger partial charge in [0.1, 0.15) is 23.1 Å². The van der Waals surface area contributed by atoms with Crippen LogP contribution in [0.25, 0.3) is 0 Å². The highest BCUT2D eigenvalue weighted by Crippen LogP contribution is 2.78. The van der Waals surface area contributed by atoms with Crippen LogP contribution in [-0.2, 0) is 28.6 Å². The van der Waals surface area contributed by atoms with E-state index in [2.05, 4.69) is 13.8 Å². The normalized spacial score (nSPS) is 49.5. The number of hydrogen-bond donors (Lipinski definition) is 0. The molecule has 33 heavy (non-hydrogen) atoms. The van der Waals surface area contributed by atoms with Gasteiger partial charge in [-0.15, -0.1) is 0 Å². The Morgan fingerprint density at radius 2 is 1.76 bits per heavy atom. The van der Waals surface area contributed by atoms with Gasteiger partial charge in [0.2, 0.25) is 0 Å². The minimum atomic E-state index is -0.958. The Labute approximate surface area is 192 Å². The summed E-state index contributed by atoms with van der Waals surface area (Å²) in [7, 11) is 0. The number of fused-ring (bicyclic) bond motifs is 3. The molecule has 6 rings (SSSR count). The Bertz CT molecular complexity index is 1100. The van der Waals surface area contributed by atoms with Gasteiger partial charge in [-0.25, -0.2) is 9.59 Å². The number of ether oxygens (including phenoxy) is 3. The molecule has 0 amide bonds. The van der Waals surface area contributed by atoms with Gasteiger partial charge >= 0.3 is 11.9 Å². The summed E-state index contributed by atoms with van der Waals surface area (Å²) in [5.41, 5.74) is -2.94. The summed E-state index contributed by atoms with van der Waals surface area (Å²) in [5.74, 6) is -1.02. The molecule has 0 N–H and O–H groups in total. The number of allylic oxidation sites excluding steroid dienone is 1. The van der Waals surface area contributed by atoms with Crippen molar-refractivity contribution in [2.75, 3.05) is 0 Å². The Morgan fingerprint density at radius 1 is 1.00 bits per heavy atom. The van der Waals surface area contributed by atoms with Crippen molar-refractivity contribution in [1.29, 1.82) is 0 Å². The first-order valence-corrected chi connectivity index (χ1v) is 11.8. The van der Waals surface area contributed by atoms with Crippen molar-refractivity contribution in [2.45, 2.75) is 77.3 Å². The molecule has 3 unspecified atom stereocenters. The Kier molecular flexibility index (Phi) is 3.83. The fraction of sp³-hybridized carbons (Fsp3) is 0.654. The van der Waals surface area contributed by atoms with E-state index in [0.29, 0.717) is 6.42 Å². The Morgan fingerprint density at radius 3 is 2.45 bits per heavy atom. The van der Waals surface area contributed by atoms with E-state index in [9.17, 15) is 14.4 Å². The minimum absolute atomic E-state index is 0.0727. The van der Waals surface area contributed by atoms with E-state index >= 15 is 0 Å². The molecule has 0 bridgehead atoms. The lowest BCUT2D eigenvalue weighted by Crippen LogP contribution is -2.71. The fourth-order valence-electron chi connectivity index (χ4n) is 8.49. The molecule has 3 aliphatic heterocycles. The van der Waals surface area contributed by atoms with E-state index in [-0.39, 0.29) is 30.0 Å². The van der Waals surface area contributed by atoms with Crippen molar-refractivity contribution >= 4 is 17.7 Å². The molecule has 8 atom stereocenters. The zero-order valence-corrected chi connectivity index (χ0v) is 19.7. The van der Waals surface area contributed by atoms with Crippen LogP contribution in [-0.4, -0.2) is 35.0 Å². The lowest BCUT2D eigenvalue weighted by atomic mass is 9.37. The molecule has 176 valence electrons. The van der Waals surface area contributed by atoms with Gasteiger partial charge in [0, 0.05) is 29.4 Å². The van der Waals surface area contributed by atoms with E-state index in [4.69, 9.17) is 18.6 Å². The summed E-state index contributed by atoms with van der Waals surface area (Å²) in [5, 5.41) is 0. The monoisotopic (exact) mass is 454 g/mol. The van der Waals surface area contributed by atoms with E-state index in [1.165, 1.54) is 6.08 Å². The zero-order valence-electron chi connectivity index (χ0n) is 19.7. The highest BCUT2D eigenvalue weighted by molar-refractivity contribution is 5.93. The zero-order chi connectivity index (χ0) is 23.6. The number of cyclic esters (lactones) is 2. The Balaban J connectivity index is 1.53. The molecule has 7 nitrogen and oxygen atoms in total. The van der Waals surface area contributed by atoms with Crippen LogP contribution in [0.5, 0.6) is 0 Å². The maximum atomic E-state index is 14.1. The second-order valence-electron chi connectivity index (χ2n) is 11.7. The summed E-state index contributed by atoms with van der Waals surface area (Å²) < 4.78 is 23.3. The van der Waals surface area contributed by atoms with Crippen molar-refractivity contribution in [3.63, 3.8) is 0 Å². The minimum Gasteiger partial charge on any atom is -0.472 e. The standard InChI is InChI=1S/C26H30O7/c1-22(2)16-12-17(27)25(5)15(23(16,3)9-7-18(28)32-22)6-10-24(4)19(14-8-11-30-13-14)31-21(29)20-26(24,25)33-20/h7-9,11,13,15-16,19-20H,6,10,12H2,1-5H3/t15?,16?,19?,20-,23-,24+,25+,26-/m1/s1. The van der Waals surface area contributed by atoms with Crippen molar-refractivity contribution in [2.24, 2.45) is 28.1 Å². The van der Waals surface area contributed by atoms with Crippen LogP contribution >= 0.6 is 0 Å². The fourth-order valence-corrected chi connectivity index (χ4v) is 8.49. The second kappa shape index (κ2) is 5.98. The second-order valence-corrected chi connectivity index (χ2v) is 11.7. The van der Waals surface area contributed by atoms with E-state index in [1.807, 2.05) is 32.9 Å². The molecule has 1 aromatic heterocycles. The van der Waals surface area contributed by atoms with Gasteiger partial charge in [-0.3, -0.25) is 4.79 Å². The van der Waals surface area contributed by atoms with Gasteiger partial charge in [-0.2, -0.15) is 0 Å². The molecule has 2 saturated heterocycles. The molecular weight excluding hydrogens is 424 g/mol. The molecular formula is C26H30O7. The summed E-state index contributed by atoms with van der Waals surface area (Å²) in [6.07, 6.45) is 7.04. The van der Waals surface area contributed by atoms with Gasteiger partial charge in [0.15, 0.2) is 6.10 Å². The number of Topliss-reactive ketones (excluding diaryl/α,β-unsaturated/α-hetero) is 1. The molecule has 4 heterocycles. The molecule has 1 aromatic rings. The number of epoxide rings is 1. The van der Waals surface area contributed by atoms with Crippen LogP contribution in [0.4, 0.5) is 0 Å². The first kappa shape index (κ1) is 21.1. The topological polar surface area (TPSA) is 95.3 Å². The lowest BCUT2D eigenvalue weighted by Gasteiger charge is -2.64. The molecule has 2 aliphatic carbocycles. The summed E-state index contributed by atoms with van der Waals surface area (Å²) in [6.45, 7) is 9.99. The maximum Gasteiger partial charge on any atom is 0.339 e. The van der Waals surface area contributed by atoms with Crippen molar-refractivity contribution in [3.05, 3.63) is 36.3 Å². The van der Waals surface area contributed by atoms with E-state index in [1.54, 1.807) is 12.5 Å². The lowest BCUT2D eigenvalue weighted by molar-refractivity contribution is -0.215. The maximum absolute atomic E-state index is 14.1. The average molecular weight is 455 g/mol. The van der Waals surface area contributed by atoms with Crippen molar-refractivity contribution in [1.82, 2.24) is 0 Å². The van der Waals surface area contributed by atoms with Gasteiger partial charge in [-0.05, 0) is 51.0 Å². The first-order chi connectivity index (χ1) is 15.4. The Hall–Kier alpha value is -2.41. The molecule has 0 aromatic carbocycles. The number of carbonyl (C=O) groups is 3. The highest BCUT2D eigenvalue weighted by atomic mass is 16.7. The predicted octanol–water partition coefficient (Wildman–Crippen LogP) is 3.92. The predicted molar refractivity (Wildman–Crippen MR) is 115 cm³/mol. The van der Waals surface area contributed by atoms with Crippen LogP contribution < -0.4 is 0 Å². The molecule has 5 aliphatic rings. The van der Waals surface area contributed by atoms with Crippen LogP contribution in [0.1, 0.15) is 65.5 Å². The number of ketones is 1. The SMILES string of the molecule is CC1(C)OC(=O)C=C[C@@]2(C)C1CC(=O)[C@]1(C)C2CC[C@@]2(C)C(c3ccoc3)OC(=O)[C@H]3O[C@]321. The third kappa shape index (κ3) is 2.23. The molecule has 0 radical (unpaired) electrons. The highest BCUT2D eigenvalue weighted by Gasteiger charge is 2.88. The van der Waals surface area contributed by atoms with Crippen molar-refractivity contribution < 1.29 is 33.0 Å². The third-order valence-electron chi connectivity index (χ3n) is 10.0. The number of hydrogen-bond acceptors (Lipinski definition) is 7. The van der Waals surface area contributed by atoms with Crippen molar-refractivity contribution in [3.8, 4) is 0 Å². The van der Waals surface area contributed by atoms with Gasteiger partial charge in [0.05, 0.1) is 17.9 Å². The number of esters is 2. The first-order valence-electron chi connectivity index (χ1n) is 11.8. The molecule has 4 fully saturated rings. The quantitative estimate of drug-likeness (QED) is 0.469. The average Bonchev–Trinajstić information content (AvgIpc) is 3.33. The molecule has 7 heteroatoms. The van der Waals surface area contributed by atoms with Gasteiger partial charge in [0.25, 0.3) is 0 Å². The van der Waals surface area contributed by atoms with E-state index < -0.39 is 45.6 Å². The van der Waals surface area contributed by atoms with E-state index in [0.717, 1.165) is 12.0 Å². The van der Waals surface area contributed by atoms with Crippen LogP contribution in [0.3, 0.4) is 0 Å².